The van der Waals surface area contributed by atoms with Crippen LogP contribution in [0.2, 0.25) is 5.02 Å². The molecule has 0 aromatic heterocycles. The summed E-state index contributed by atoms with van der Waals surface area (Å²) in [5.74, 6) is 0.738. The van der Waals surface area contributed by atoms with E-state index in [0.717, 1.165) is 19.4 Å². The van der Waals surface area contributed by atoms with Gasteiger partial charge >= 0.3 is 0 Å². The Morgan fingerprint density at radius 1 is 1.53 bits per heavy atom. The second-order valence-electron chi connectivity index (χ2n) is 4.92. The summed E-state index contributed by atoms with van der Waals surface area (Å²) < 4.78 is 5.08. The molecule has 1 amide bonds. The smallest absolute Gasteiger partial charge is 0.227 e. The SMILES string of the molecule is COc1ccc(NC(=O)C2CCNC(C)C2)cc1Cl. The van der Waals surface area contributed by atoms with Crippen LogP contribution in [0.15, 0.2) is 18.2 Å². The average Bonchev–Trinajstić information content (AvgIpc) is 2.39. The first-order valence-electron chi connectivity index (χ1n) is 6.48. The zero-order chi connectivity index (χ0) is 13.8. The molecular formula is C14H19ClN2O2. The Kier molecular flexibility index (Phi) is 4.66. The van der Waals surface area contributed by atoms with Crippen molar-refractivity contribution in [3.05, 3.63) is 23.2 Å². The largest absolute Gasteiger partial charge is 0.495 e. The maximum Gasteiger partial charge on any atom is 0.227 e. The summed E-state index contributed by atoms with van der Waals surface area (Å²) in [7, 11) is 1.57. The van der Waals surface area contributed by atoms with E-state index < -0.39 is 0 Å². The zero-order valence-corrected chi connectivity index (χ0v) is 12.0. The molecule has 2 unspecified atom stereocenters. The van der Waals surface area contributed by atoms with Gasteiger partial charge in [-0.05, 0) is 44.5 Å². The molecule has 2 rings (SSSR count). The molecule has 19 heavy (non-hydrogen) atoms. The second-order valence-corrected chi connectivity index (χ2v) is 5.32. The minimum atomic E-state index is 0.0644. The fourth-order valence-corrected chi connectivity index (χ4v) is 2.62. The van der Waals surface area contributed by atoms with Gasteiger partial charge in [-0.2, -0.15) is 0 Å². The molecule has 4 nitrogen and oxygen atoms in total. The predicted octanol–water partition coefficient (Wildman–Crippen LogP) is 2.68. The van der Waals surface area contributed by atoms with E-state index in [4.69, 9.17) is 16.3 Å². The third-order valence-electron chi connectivity index (χ3n) is 3.41. The Hall–Kier alpha value is -1.26. The van der Waals surface area contributed by atoms with Crippen molar-refractivity contribution in [1.82, 2.24) is 5.32 Å². The number of carbonyl (C=O) groups excluding carboxylic acids is 1. The van der Waals surface area contributed by atoms with Crippen LogP contribution in [0.5, 0.6) is 5.75 Å². The Bertz CT molecular complexity index is 465. The van der Waals surface area contributed by atoms with Crippen LogP contribution in [0.4, 0.5) is 5.69 Å². The van der Waals surface area contributed by atoms with E-state index in [1.165, 1.54) is 0 Å². The first-order chi connectivity index (χ1) is 9.10. The lowest BCUT2D eigenvalue weighted by Crippen LogP contribution is -2.40. The highest BCUT2D eigenvalue weighted by Crippen LogP contribution is 2.28. The molecule has 1 aromatic carbocycles. The van der Waals surface area contributed by atoms with Crippen molar-refractivity contribution in [3.8, 4) is 5.75 Å². The third kappa shape index (κ3) is 3.61. The zero-order valence-electron chi connectivity index (χ0n) is 11.2. The standard InChI is InChI=1S/C14H19ClN2O2/c1-9-7-10(5-6-16-9)14(18)17-11-3-4-13(19-2)12(15)8-11/h3-4,8-10,16H,5-7H2,1-2H3,(H,17,18). The Labute approximate surface area is 118 Å². The van der Waals surface area contributed by atoms with Crippen molar-refractivity contribution in [3.63, 3.8) is 0 Å². The monoisotopic (exact) mass is 282 g/mol. The fraction of sp³-hybridized carbons (Fsp3) is 0.500. The van der Waals surface area contributed by atoms with Crippen molar-refractivity contribution in [2.75, 3.05) is 19.0 Å². The lowest BCUT2D eigenvalue weighted by molar-refractivity contribution is -0.120. The van der Waals surface area contributed by atoms with Gasteiger partial charge in [0.1, 0.15) is 5.75 Å². The average molecular weight is 283 g/mol. The normalized spacial score (nSPS) is 22.9. The lowest BCUT2D eigenvalue weighted by Gasteiger charge is -2.27. The third-order valence-corrected chi connectivity index (χ3v) is 3.71. The van der Waals surface area contributed by atoms with Crippen LogP contribution >= 0.6 is 11.6 Å². The van der Waals surface area contributed by atoms with Crippen LogP contribution in [0, 0.1) is 5.92 Å². The molecule has 0 radical (unpaired) electrons. The van der Waals surface area contributed by atoms with E-state index >= 15 is 0 Å². The van der Waals surface area contributed by atoms with Crippen LogP contribution < -0.4 is 15.4 Å². The van der Waals surface area contributed by atoms with E-state index in [1.807, 2.05) is 0 Å². The van der Waals surface area contributed by atoms with Crippen LogP contribution in [0.3, 0.4) is 0 Å². The maximum atomic E-state index is 12.2. The number of hydrogen-bond acceptors (Lipinski definition) is 3. The van der Waals surface area contributed by atoms with Crippen LogP contribution in [-0.2, 0) is 4.79 Å². The number of benzene rings is 1. The molecule has 1 aliphatic rings. The molecule has 1 heterocycles. The van der Waals surface area contributed by atoms with Gasteiger partial charge in [0, 0.05) is 17.6 Å². The van der Waals surface area contributed by atoms with Crippen LogP contribution in [0.1, 0.15) is 19.8 Å². The predicted molar refractivity (Wildman–Crippen MR) is 76.8 cm³/mol. The molecule has 104 valence electrons. The second kappa shape index (κ2) is 6.26. The van der Waals surface area contributed by atoms with Crippen molar-refractivity contribution in [2.24, 2.45) is 5.92 Å². The van der Waals surface area contributed by atoms with Gasteiger partial charge in [-0.25, -0.2) is 0 Å². The van der Waals surface area contributed by atoms with Gasteiger partial charge in [0.15, 0.2) is 0 Å². The number of amides is 1. The van der Waals surface area contributed by atoms with Gasteiger partial charge in [-0.1, -0.05) is 11.6 Å². The van der Waals surface area contributed by atoms with E-state index in [1.54, 1.807) is 25.3 Å². The Morgan fingerprint density at radius 2 is 2.32 bits per heavy atom. The van der Waals surface area contributed by atoms with Crippen LogP contribution in [0.25, 0.3) is 0 Å². The van der Waals surface area contributed by atoms with Crippen molar-refractivity contribution < 1.29 is 9.53 Å². The summed E-state index contributed by atoms with van der Waals surface area (Å²) >= 11 is 6.04. The topological polar surface area (TPSA) is 50.4 Å². The lowest BCUT2D eigenvalue weighted by atomic mass is 9.92. The molecule has 1 aromatic rings. The number of halogens is 1. The number of hydrogen-bond donors (Lipinski definition) is 2. The Morgan fingerprint density at radius 3 is 2.95 bits per heavy atom. The van der Waals surface area contributed by atoms with Gasteiger partial charge in [0.25, 0.3) is 0 Å². The van der Waals surface area contributed by atoms with E-state index in [2.05, 4.69) is 17.6 Å². The van der Waals surface area contributed by atoms with E-state index in [0.29, 0.717) is 22.5 Å². The summed E-state index contributed by atoms with van der Waals surface area (Å²) in [5.41, 5.74) is 0.710. The summed E-state index contributed by atoms with van der Waals surface area (Å²) in [6.07, 6.45) is 1.75. The molecule has 0 bridgehead atoms. The number of ether oxygens (including phenoxy) is 1. The van der Waals surface area contributed by atoms with Crippen LogP contribution in [-0.4, -0.2) is 25.6 Å². The Balaban J connectivity index is 2.00. The van der Waals surface area contributed by atoms with Crippen molar-refractivity contribution in [1.29, 1.82) is 0 Å². The molecular weight excluding hydrogens is 264 g/mol. The maximum absolute atomic E-state index is 12.2. The molecule has 0 aliphatic carbocycles. The highest BCUT2D eigenvalue weighted by molar-refractivity contribution is 6.32. The molecule has 0 spiro atoms. The minimum Gasteiger partial charge on any atom is -0.495 e. The summed E-state index contributed by atoms with van der Waals surface area (Å²) in [5, 5.41) is 6.75. The molecule has 1 fully saturated rings. The van der Waals surface area contributed by atoms with Gasteiger partial charge in [-0.15, -0.1) is 0 Å². The highest BCUT2D eigenvalue weighted by Gasteiger charge is 2.24. The van der Waals surface area contributed by atoms with Gasteiger partial charge < -0.3 is 15.4 Å². The van der Waals surface area contributed by atoms with Gasteiger partial charge in [-0.3, -0.25) is 4.79 Å². The first kappa shape index (κ1) is 14.2. The minimum absolute atomic E-state index is 0.0644. The summed E-state index contributed by atoms with van der Waals surface area (Å²) in [6, 6.07) is 5.66. The van der Waals surface area contributed by atoms with Gasteiger partial charge in [0.2, 0.25) is 5.91 Å². The fourth-order valence-electron chi connectivity index (χ4n) is 2.36. The highest BCUT2D eigenvalue weighted by atomic mass is 35.5. The molecule has 1 saturated heterocycles. The summed E-state index contributed by atoms with van der Waals surface area (Å²) in [4.78, 5) is 12.2. The van der Waals surface area contributed by atoms with Gasteiger partial charge in [0.05, 0.1) is 12.1 Å². The molecule has 5 heteroatoms. The number of piperidine rings is 1. The molecule has 1 aliphatic heterocycles. The number of carbonyl (C=O) groups is 1. The van der Waals surface area contributed by atoms with E-state index in [-0.39, 0.29) is 11.8 Å². The number of nitrogens with one attached hydrogen (secondary N) is 2. The quantitative estimate of drug-likeness (QED) is 0.896. The number of methoxy groups -OCH3 is 1. The molecule has 2 N–H and O–H groups in total. The van der Waals surface area contributed by atoms with Crippen molar-refractivity contribution in [2.45, 2.75) is 25.8 Å². The number of rotatable bonds is 3. The molecule has 2 atom stereocenters. The first-order valence-corrected chi connectivity index (χ1v) is 6.85. The number of anilines is 1. The van der Waals surface area contributed by atoms with E-state index in [9.17, 15) is 4.79 Å². The summed E-state index contributed by atoms with van der Waals surface area (Å²) in [6.45, 7) is 2.99. The van der Waals surface area contributed by atoms with Crippen molar-refractivity contribution >= 4 is 23.2 Å². The molecule has 0 saturated carbocycles.